The zero-order valence-electron chi connectivity index (χ0n) is 13.1. The van der Waals surface area contributed by atoms with Crippen molar-refractivity contribution in [1.82, 2.24) is 14.9 Å². The van der Waals surface area contributed by atoms with Crippen molar-refractivity contribution in [2.24, 2.45) is 0 Å². The summed E-state index contributed by atoms with van der Waals surface area (Å²) in [6, 6.07) is 13.3. The Labute approximate surface area is 129 Å². The molecule has 0 amide bonds. The predicted molar refractivity (Wildman–Crippen MR) is 87.1 cm³/mol. The van der Waals surface area contributed by atoms with Crippen molar-refractivity contribution in [1.29, 1.82) is 0 Å². The normalized spacial score (nSPS) is 13.0. The molecule has 1 aromatic heterocycles. The Bertz CT molecular complexity index is 777. The van der Waals surface area contributed by atoms with Gasteiger partial charge in [0.25, 0.3) is 0 Å². The smallest absolute Gasteiger partial charge is 0.123 e. The number of nitrogens with one attached hydrogen (secondary N) is 1. The number of nitrogens with zero attached hydrogens (tertiary/aromatic N) is 2. The van der Waals surface area contributed by atoms with Gasteiger partial charge in [0.1, 0.15) is 11.6 Å². The summed E-state index contributed by atoms with van der Waals surface area (Å²) in [5.41, 5.74) is 4.39. The molecular weight excluding hydrogens is 277 g/mol. The minimum Gasteiger partial charge on any atom is -0.342 e. The number of fused-ring (bicyclic) bond motifs is 1. The molecule has 2 aromatic carbocycles. The lowest BCUT2D eigenvalue weighted by atomic mass is 10.1. The maximum atomic E-state index is 13.0. The lowest BCUT2D eigenvalue weighted by Gasteiger charge is -2.25. The van der Waals surface area contributed by atoms with E-state index in [1.165, 1.54) is 17.7 Å². The van der Waals surface area contributed by atoms with Crippen LogP contribution >= 0.6 is 0 Å². The highest BCUT2D eigenvalue weighted by Gasteiger charge is 2.13. The van der Waals surface area contributed by atoms with Gasteiger partial charge in [0.15, 0.2) is 0 Å². The second kappa shape index (κ2) is 5.89. The number of H-pyrrole nitrogens is 1. The summed E-state index contributed by atoms with van der Waals surface area (Å²) in [7, 11) is 2.08. The van der Waals surface area contributed by atoms with Gasteiger partial charge in [-0.2, -0.15) is 0 Å². The van der Waals surface area contributed by atoms with E-state index in [0.717, 1.165) is 29.0 Å². The van der Waals surface area contributed by atoms with E-state index in [1.54, 1.807) is 0 Å². The van der Waals surface area contributed by atoms with Crippen LogP contribution in [-0.4, -0.2) is 21.9 Å². The van der Waals surface area contributed by atoms with E-state index < -0.39 is 0 Å². The van der Waals surface area contributed by atoms with Crippen LogP contribution in [0.2, 0.25) is 0 Å². The second-order valence-electron chi connectivity index (χ2n) is 5.82. The van der Waals surface area contributed by atoms with E-state index in [1.807, 2.05) is 19.1 Å². The van der Waals surface area contributed by atoms with Crippen LogP contribution in [0.4, 0.5) is 4.39 Å². The van der Waals surface area contributed by atoms with Crippen molar-refractivity contribution < 1.29 is 4.39 Å². The van der Waals surface area contributed by atoms with Gasteiger partial charge < -0.3 is 4.98 Å². The number of rotatable bonds is 4. The third-order valence-electron chi connectivity index (χ3n) is 4.11. The fourth-order valence-corrected chi connectivity index (χ4v) is 2.68. The molecule has 0 saturated carbocycles. The maximum Gasteiger partial charge on any atom is 0.123 e. The Balaban J connectivity index is 1.78. The molecule has 3 rings (SSSR count). The molecule has 0 aliphatic carbocycles. The van der Waals surface area contributed by atoms with Crippen LogP contribution in [-0.2, 0) is 6.54 Å². The third-order valence-corrected chi connectivity index (χ3v) is 4.11. The number of aromatic amines is 1. The molecule has 0 aliphatic heterocycles. The summed E-state index contributed by atoms with van der Waals surface area (Å²) in [4.78, 5) is 9.98. The highest BCUT2D eigenvalue weighted by molar-refractivity contribution is 5.75. The van der Waals surface area contributed by atoms with Crippen molar-refractivity contribution in [2.75, 3.05) is 7.05 Å². The Morgan fingerprint density at radius 1 is 1.18 bits per heavy atom. The van der Waals surface area contributed by atoms with Crippen LogP contribution in [0.5, 0.6) is 0 Å². The largest absolute Gasteiger partial charge is 0.342 e. The van der Waals surface area contributed by atoms with Crippen molar-refractivity contribution in [3.8, 4) is 0 Å². The predicted octanol–water partition coefficient (Wildman–Crippen LogP) is 4.20. The highest BCUT2D eigenvalue weighted by atomic mass is 19.1. The minimum absolute atomic E-state index is 0.196. The Morgan fingerprint density at radius 2 is 1.91 bits per heavy atom. The van der Waals surface area contributed by atoms with E-state index in [0.29, 0.717) is 0 Å². The van der Waals surface area contributed by atoms with Crippen molar-refractivity contribution in [3.05, 3.63) is 65.2 Å². The molecule has 0 fully saturated rings. The summed E-state index contributed by atoms with van der Waals surface area (Å²) >= 11 is 0. The molecule has 114 valence electrons. The molecule has 3 nitrogen and oxygen atoms in total. The molecule has 0 aliphatic rings. The molecule has 1 heterocycles. The molecule has 0 bridgehead atoms. The summed E-state index contributed by atoms with van der Waals surface area (Å²) < 4.78 is 13.0. The van der Waals surface area contributed by atoms with Crippen LogP contribution < -0.4 is 0 Å². The average molecular weight is 297 g/mol. The topological polar surface area (TPSA) is 31.9 Å². The Morgan fingerprint density at radius 3 is 2.64 bits per heavy atom. The molecule has 0 saturated heterocycles. The third kappa shape index (κ3) is 3.02. The Kier molecular flexibility index (Phi) is 3.94. The van der Waals surface area contributed by atoms with Crippen LogP contribution in [0.15, 0.2) is 42.5 Å². The van der Waals surface area contributed by atoms with Gasteiger partial charge in [-0.25, -0.2) is 9.37 Å². The van der Waals surface area contributed by atoms with E-state index in [2.05, 4.69) is 47.0 Å². The lowest BCUT2D eigenvalue weighted by molar-refractivity contribution is 0.253. The monoisotopic (exact) mass is 297 g/mol. The first-order valence-corrected chi connectivity index (χ1v) is 7.44. The van der Waals surface area contributed by atoms with Gasteiger partial charge in [0.05, 0.1) is 11.0 Å². The first-order valence-electron chi connectivity index (χ1n) is 7.44. The molecule has 1 unspecified atom stereocenters. The molecule has 0 radical (unpaired) electrons. The molecular formula is C18H20FN3. The van der Waals surface area contributed by atoms with E-state index >= 15 is 0 Å². The summed E-state index contributed by atoms with van der Waals surface area (Å²) in [6.07, 6.45) is 0. The number of hydrogen-bond acceptors (Lipinski definition) is 2. The molecule has 22 heavy (non-hydrogen) atoms. The van der Waals surface area contributed by atoms with Crippen molar-refractivity contribution >= 4 is 11.0 Å². The van der Waals surface area contributed by atoms with Gasteiger partial charge in [-0.15, -0.1) is 0 Å². The number of aromatic nitrogens is 2. The van der Waals surface area contributed by atoms with Gasteiger partial charge in [0.2, 0.25) is 0 Å². The van der Waals surface area contributed by atoms with Gasteiger partial charge >= 0.3 is 0 Å². The maximum absolute atomic E-state index is 13.0. The van der Waals surface area contributed by atoms with Gasteiger partial charge in [-0.05, 0) is 56.3 Å². The summed E-state index contributed by atoms with van der Waals surface area (Å²) in [5, 5.41) is 0. The zero-order chi connectivity index (χ0) is 15.7. The molecule has 1 N–H and O–H groups in total. The van der Waals surface area contributed by atoms with Crippen molar-refractivity contribution in [2.45, 2.75) is 26.4 Å². The fraction of sp³-hybridized carbons (Fsp3) is 0.278. The standard InChI is InChI=1S/C18H20FN3/c1-12(22(3)11-14-4-7-16(19)8-5-14)15-6-9-17-18(10-15)21-13(2)20-17/h4-10,12H,11H2,1-3H3,(H,20,21). The second-order valence-corrected chi connectivity index (χ2v) is 5.82. The van der Waals surface area contributed by atoms with E-state index in [-0.39, 0.29) is 11.9 Å². The first-order chi connectivity index (χ1) is 10.5. The fourth-order valence-electron chi connectivity index (χ4n) is 2.68. The zero-order valence-corrected chi connectivity index (χ0v) is 13.1. The molecule has 3 aromatic rings. The van der Waals surface area contributed by atoms with E-state index in [4.69, 9.17) is 0 Å². The SMILES string of the molecule is Cc1nc2cc(C(C)N(C)Cc3ccc(F)cc3)ccc2[nH]1. The highest BCUT2D eigenvalue weighted by Crippen LogP contribution is 2.24. The van der Waals surface area contributed by atoms with Crippen LogP contribution in [0.3, 0.4) is 0 Å². The summed E-state index contributed by atoms with van der Waals surface area (Å²) in [6.45, 7) is 4.91. The van der Waals surface area contributed by atoms with Crippen LogP contribution in [0.25, 0.3) is 11.0 Å². The average Bonchev–Trinajstić information content (AvgIpc) is 2.87. The van der Waals surface area contributed by atoms with Crippen molar-refractivity contribution in [3.63, 3.8) is 0 Å². The number of halogens is 1. The number of benzene rings is 2. The number of hydrogen-bond donors (Lipinski definition) is 1. The van der Waals surface area contributed by atoms with Gasteiger partial charge in [-0.3, -0.25) is 4.90 Å². The summed E-state index contributed by atoms with van der Waals surface area (Å²) in [5.74, 6) is 0.735. The number of imidazole rings is 1. The van der Waals surface area contributed by atoms with Gasteiger partial charge in [0, 0.05) is 12.6 Å². The first kappa shape index (κ1) is 14.7. The molecule has 1 atom stereocenters. The molecule has 4 heteroatoms. The number of aryl methyl sites for hydroxylation is 1. The van der Waals surface area contributed by atoms with Gasteiger partial charge in [-0.1, -0.05) is 18.2 Å². The Hall–Kier alpha value is -2.20. The van der Waals surface area contributed by atoms with E-state index in [9.17, 15) is 4.39 Å². The molecule has 0 spiro atoms. The van der Waals surface area contributed by atoms with Crippen LogP contribution in [0, 0.1) is 12.7 Å². The quantitative estimate of drug-likeness (QED) is 0.782. The van der Waals surface area contributed by atoms with Crippen LogP contribution in [0.1, 0.15) is 29.9 Å². The lowest BCUT2D eigenvalue weighted by Crippen LogP contribution is -2.21. The minimum atomic E-state index is -0.196.